The number of anilines is 3. The molecule has 3 rings (SSSR count). The van der Waals surface area contributed by atoms with E-state index in [9.17, 15) is 8.78 Å². The third kappa shape index (κ3) is 2.45. The maximum absolute atomic E-state index is 13.9. The molecule has 3 N–H and O–H groups in total. The van der Waals surface area contributed by atoms with E-state index in [-0.39, 0.29) is 11.4 Å². The molecule has 0 aliphatic carbocycles. The van der Waals surface area contributed by atoms with Gasteiger partial charge in [-0.1, -0.05) is 40.2 Å². The number of hydrogen-bond donors (Lipinski definition) is 2. The van der Waals surface area contributed by atoms with Crippen molar-refractivity contribution in [3.63, 3.8) is 0 Å². The van der Waals surface area contributed by atoms with Crippen molar-refractivity contribution in [3.05, 3.63) is 64.6 Å². The maximum Gasteiger partial charge on any atom is 0.184 e. The summed E-state index contributed by atoms with van der Waals surface area (Å²) in [6, 6.07) is 13.6. The van der Waals surface area contributed by atoms with Crippen LogP contribution in [0.3, 0.4) is 0 Å². The standard InChI is InChI=1S/C16H11BrF2N2/c17-11-5-8-14(10-4-2-1-3-9(10)11)21-16-13(20)7-6-12(18)15(16)19/h1-8,21H,20H2. The van der Waals surface area contributed by atoms with Gasteiger partial charge in [0.2, 0.25) is 0 Å². The Bertz CT molecular complexity index is 834. The lowest BCUT2D eigenvalue weighted by Gasteiger charge is -2.13. The largest absolute Gasteiger partial charge is 0.397 e. The third-order valence-electron chi connectivity index (χ3n) is 3.26. The van der Waals surface area contributed by atoms with Gasteiger partial charge in [0.15, 0.2) is 11.6 Å². The topological polar surface area (TPSA) is 38.0 Å². The van der Waals surface area contributed by atoms with Crippen molar-refractivity contribution < 1.29 is 8.78 Å². The van der Waals surface area contributed by atoms with Gasteiger partial charge in [-0.2, -0.15) is 0 Å². The molecule has 3 aromatic carbocycles. The second-order valence-electron chi connectivity index (χ2n) is 4.59. The Hall–Kier alpha value is -2.14. The summed E-state index contributed by atoms with van der Waals surface area (Å²) in [6.07, 6.45) is 0. The number of nitrogen functional groups attached to an aromatic ring is 1. The summed E-state index contributed by atoms with van der Waals surface area (Å²) in [6.45, 7) is 0. The Labute approximate surface area is 128 Å². The zero-order valence-electron chi connectivity index (χ0n) is 10.8. The number of rotatable bonds is 2. The molecule has 0 fully saturated rings. The van der Waals surface area contributed by atoms with Crippen LogP contribution >= 0.6 is 15.9 Å². The highest BCUT2D eigenvalue weighted by Crippen LogP contribution is 2.34. The smallest absolute Gasteiger partial charge is 0.184 e. The summed E-state index contributed by atoms with van der Waals surface area (Å²) in [5.41, 5.74) is 6.49. The quantitative estimate of drug-likeness (QED) is 0.624. The Kier molecular flexibility index (Phi) is 3.51. The summed E-state index contributed by atoms with van der Waals surface area (Å²) in [5, 5.41) is 4.75. The van der Waals surface area contributed by atoms with Crippen LogP contribution < -0.4 is 11.1 Å². The Morgan fingerprint density at radius 3 is 2.38 bits per heavy atom. The van der Waals surface area contributed by atoms with E-state index in [4.69, 9.17) is 5.73 Å². The van der Waals surface area contributed by atoms with Gasteiger partial charge in [0.05, 0.1) is 5.69 Å². The fourth-order valence-corrected chi connectivity index (χ4v) is 2.68. The Morgan fingerprint density at radius 1 is 0.905 bits per heavy atom. The van der Waals surface area contributed by atoms with Gasteiger partial charge in [-0.3, -0.25) is 0 Å². The normalized spacial score (nSPS) is 10.8. The fraction of sp³-hybridized carbons (Fsp3) is 0. The molecule has 0 aromatic heterocycles. The summed E-state index contributed by atoms with van der Waals surface area (Å²) in [7, 11) is 0. The molecule has 21 heavy (non-hydrogen) atoms. The van der Waals surface area contributed by atoms with E-state index in [0.29, 0.717) is 5.69 Å². The van der Waals surface area contributed by atoms with E-state index < -0.39 is 11.6 Å². The molecule has 0 bridgehead atoms. The molecule has 3 aromatic rings. The van der Waals surface area contributed by atoms with Gasteiger partial charge in [0.25, 0.3) is 0 Å². The van der Waals surface area contributed by atoms with Crippen molar-refractivity contribution >= 4 is 43.8 Å². The molecule has 0 aliphatic rings. The number of hydrogen-bond acceptors (Lipinski definition) is 2. The van der Waals surface area contributed by atoms with E-state index in [2.05, 4.69) is 21.2 Å². The minimum atomic E-state index is -0.984. The van der Waals surface area contributed by atoms with Crippen LogP contribution in [0.15, 0.2) is 53.0 Å². The molecule has 0 heterocycles. The van der Waals surface area contributed by atoms with Crippen molar-refractivity contribution in [1.29, 1.82) is 0 Å². The molecule has 0 unspecified atom stereocenters. The first-order valence-corrected chi connectivity index (χ1v) is 7.05. The highest BCUT2D eigenvalue weighted by atomic mass is 79.9. The van der Waals surface area contributed by atoms with Gasteiger partial charge in [-0.25, -0.2) is 8.78 Å². The molecule has 0 spiro atoms. The van der Waals surface area contributed by atoms with Crippen LogP contribution in [-0.2, 0) is 0 Å². The van der Waals surface area contributed by atoms with Crippen molar-refractivity contribution in [2.75, 3.05) is 11.1 Å². The van der Waals surface area contributed by atoms with Gasteiger partial charge < -0.3 is 11.1 Å². The monoisotopic (exact) mass is 348 g/mol. The van der Waals surface area contributed by atoms with E-state index in [1.165, 1.54) is 6.07 Å². The third-order valence-corrected chi connectivity index (χ3v) is 3.95. The molecule has 106 valence electrons. The summed E-state index contributed by atoms with van der Waals surface area (Å²) < 4.78 is 28.2. The van der Waals surface area contributed by atoms with Crippen molar-refractivity contribution in [2.24, 2.45) is 0 Å². The first-order chi connectivity index (χ1) is 10.1. The average Bonchev–Trinajstić information content (AvgIpc) is 2.50. The lowest BCUT2D eigenvalue weighted by atomic mass is 10.1. The minimum Gasteiger partial charge on any atom is -0.397 e. The molecule has 0 radical (unpaired) electrons. The minimum absolute atomic E-state index is 0.0533. The van der Waals surface area contributed by atoms with E-state index in [0.717, 1.165) is 21.3 Å². The molecule has 0 amide bonds. The van der Waals surface area contributed by atoms with Crippen LogP contribution in [0.4, 0.5) is 25.8 Å². The molecule has 0 saturated heterocycles. The SMILES string of the molecule is Nc1ccc(F)c(F)c1Nc1ccc(Br)c2ccccc12. The van der Waals surface area contributed by atoms with Crippen molar-refractivity contribution in [1.82, 2.24) is 0 Å². The van der Waals surface area contributed by atoms with Crippen LogP contribution in [0, 0.1) is 11.6 Å². The fourth-order valence-electron chi connectivity index (χ4n) is 2.20. The van der Waals surface area contributed by atoms with Crippen LogP contribution in [0.5, 0.6) is 0 Å². The molecular weight excluding hydrogens is 338 g/mol. The molecule has 5 heteroatoms. The zero-order valence-corrected chi connectivity index (χ0v) is 12.4. The van der Waals surface area contributed by atoms with Crippen LogP contribution in [-0.4, -0.2) is 0 Å². The number of nitrogens with one attached hydrogen (secondary N) is 1. The molecule has 0 aliphatic heterocycles. The average molecular weight is 349 g/mol. The number of halogens is 3. The predicted octanol–water partition coefficient (Wildman–Crippen LogP) is 5.21. The first kappa shape index (κ1) is 13.8. The van der Waals surface area contributed by atoms with Crippen molar-refractivity contribution in [2.45, 2.75) is 0 Å². The Balaban J connectivity index is 2.16. The number of nitrogens with two attached hydrogens (primary N) is 1. The van der Waals surface area contributed by atoms with E-state index in [1.54, 1.807) is 6.07 Å². The number of fused-ring (bicyclic) bond motifs is 1. The van der Waals surface area contributed by atoms with Crippen LogP contribution in [0.1, 0.15) is 0 Å². The van der Waals surface area contributed by atoms with Gasteiger partial charge in [-0.05, 0) is 29.7 Å². The number of benzene rings is 3. The molecule has 0 atom stereocenters. The van der Waals surface area contributed by atoms with E-state index >= 15 is 0 Å². The van der Waals surface area contributed by atoms with Gasteiger partial charge in [0.1, 0.15) is 5.69 Å². The molecule has 0 saturated carbocycles. The van der Waals surface area contributed by atoms with Gasteiger partial charge >= 0.3 is 0 Å². The van der Waals surface area contributed by atoms with Crippen LogP contribution in [0.25, 0.3) is 10.8 Å². The summed E-state index contributed by atoms with van der Waals surface area (Å²) >= 11 is 3.47. The van der Waals surface area contributed by atoms with Gasteiger partial charge in [-0.15, -0.1) is 0 Å². The second-order valence-corrected chi connectivity index (χ2v) is 5.45. The molecule has 2 nitrogen and oxygen atoms in total. The van der Waals surface area contributed by atoms with Crippen LogP contribution in [0.2, 0.25) is 0 Å². The maximum atomic E-state index is 13.9. The highest BCUT2D eigenvalue weighted by Gasteiger charge is 2.13. The second kappa shape index (κ2) is 5.33. The first-order valence-electron chi connectivity index (χ1n) is 6.25. The summed E-state index contributed by atoms with van der Waals surface area (Å²) in [5.74, 6) is -1.92. The summed E-state index contributed by atoms with van der Waals surface area (Å²) in [4.78, 5) is 0. The lowest BCUT2D eigenvalue weighted by Crippen LogP contribution is -2.02. The highest BCUT2D eigenvalue weighted by molar-refractivity contribution is 9.10. The zero-order chi connectivity index (χ0) is 15.0. The van der Waals surface area contributed by atoms with Crippen molar-refractivity contribution in [3.8, 4) is 0 Å². The lowest BCUT2D eigenvalue weighted by molar-refractivity contribution is 0.512. The van der Waals surface area contributed by atoms with E-state index in [1.807, 2.05) is 30.3 Å². The predicted molar refractivity (Wildman–Crippen MR) is 85.7 cm³/mol. The molecular formula is C16H11BrF2N2. The Morgan fingerprint density at radius 2 is 1.62 bits per heavy atom. The van der Waals surface area contributed by atoms with Gasteiger partial charge in [0, 0.05) is 15.5 Å².